The molecule has 0 heterocycles. The van der Waals surface area contributed by atoms with Crippen molar-refractivity contribution in [2.75, 3.05) is 6.61 Å². The fourth-order valence-electron chi connectivity index (χ4n) is 2.13. The topological polar surface area (TPSA) is 66.5 Å². The molecule has 0 amide bonds. The summed E-state index contributed by atoms with van der Waals surface area (Å²) >= 11 is 0. The predicted octanol–water partition coefficient (Wildman–Crippen LogP) is 3.70. The lowest BCUT2D eigenvalue weighted by Gasteiger charge is -2.11. The second-order valence-corrected chi connectivity index (χ2v) is 5.72. The highest BCUT2D eigenvalue weighted by Crippen LogP contribution is 2.09. The van der Waals surface area contributed by atoms with E-state index >= 15 is 0 Å². The third kappa shape index (κ3) is 14.1. The maximum atomic E-state index is 9.51. The van der Waals surface area contributed by atoms with Gasteiger partial charge in [-0.25, -0.2) is 0 Å². The molecule has 0 aliphatic carbocycles. The first-order valence-corrected chi connectivity index (χ1v) is 8.58. The zero-order chi connectivity index (χ0) is 15.8. The lowest BCUT2D eigenvalue weighted by atomic mass is 10.1. The lowest BCUT2D eigenvalue weighted by molar-refractivity contribution is 0.144. The van der Waals surface area contributed by atoms with Gasteiger partial charge in [-0.15, -0.1) is 0 Å². The van der Waals surface area contributed by atoms with Gasteiger partial charge in [0.1, 0.15) is 0 Å². The van der Waals surface area contributed by atoms with Crippen LogP contribution in [-0.2, 0) is 0 Å². The average Bonchev–Trinajstić information content (AvgIpc) is 2.50. The predicted molar refractivity (Wildman–Crippen MR) is 91.2 cm³/mol. The molecule has 4 N–H and O–H groups in total. The maximum Gasteiger partial charge on any atom is 0.0894 e. The van der Waals surface area contributed by atoms with Gasteiger partial charge in [0.15, 0.2) is 0 Å². The van der Waals surface area contributed by atoms with Crippen LogP contribution in [0.4, 0.5) is 0 Å². The van der Waals surface area contributed by atoms with Crippen LogP contribution in [0.2, 0.25) is 0 Å². The van der Waals surface area contributed by atoms with E-state index in [1.165, 1.54) is 51.4 Å². The van der Waals surface area contributed by atoms with Crippen LogP contribution in [0.1, 0.15) is 71.1 Å². The van der Waals surface area contributed by atoms with Crippen molar-refractivity contribution in [1.29, 1.82) is 0 Å². The van der Waals surface area contributed by atoms with Gasteiger partial charge in [-0.05, 0) is 25.7 Å². The minimum absolute atomic E-state index is 0.191. The Morgan fingerprint density at radius 3 is 2.10 bits per heavy atom. The van der Waals surface area contributed by atoms with E-state index in [0.29, 0.717) is 0 Å². The van der Waals surface area contributed by atoms with Gasteiger partial charge in [-0.3, -0.25) is 0 Å². The van der Waals surface area contributed by atoms with Gasteiger partial charge < -0.3 is 15.9 Å². The van der Waals surface area contributed by atoms with Crippen LogP contribution >= 0.6 is 0 Å². The maximum absolute atomic E-state index is 9.51. The Balaban J connectivity index is 3.35. The largest absolute Gasteiger partial charge is 0.395 e. The molecule has 0 saturated heterocycles. The molecule has 0 aromatic heterocycles. The van der Waals surface area contributed by atoms with E-state index in [0.717, 1.165) is 12.8 Å². The van der Waals surface area contributed by atoms with Crippen molar-refractivity contribution >= 4 is 0 Å². The summed E-state index contributed by atoms with van der Waals surface area (Å²) in [6.07, 6.45) is 19.9. The second-order valence-electron chi connectivity index (χ2n) is 5.72. The Labute approximate surface area is 130 Å². The number of aliphatic hydroxyl groups excluding tert-OH is 2. The molecule has 2 atom stereocenters. The number of hydrogen-bond acceptors (Lipinski definition) is 3. The van der Waals surface area contributed by atoms with Gasteiger partial charge >= 0.3 is 0 Å². The van der Waals surface area contributed by atoms with Crippen LogP contribution in [0.3, 0.4) is 0 Å². The molecule has 0 unspecified atom stereocenters. The highest BCUT2D eigenvalue weighted by molar-refractivity contribution is 4.95. The molecule has 0 aliphatic rings. The Hall–Kier alpha value is -0.640. The minimum Gasteiger partial charge on any atom is -0.395 e. The summed E-state index contributed by atoms with van der Waals surface area (Å²) in [5, 5.41) is 18.3. The van der Waals surface area contributed by atoms with Crippen molar-refractivity contribution < 1.29 is 10.2 Å². The summed E-state index contributed by atoms with van der Waals surface area (Å²) in [5.74, 6) is 0. The second kappa shape index (κ2) is 15.7. The first kappa shape index (κ1) is 20.4. The first-order chi connectivity index (χ1) is 10.2. The monoisotopic (exact) mass is 297 g/mol. The summed E-state index contributed by atoms with van der Waals surface area (Å²) in [6.45, 7) is 2.06. The van der Waals surface area contributed by atoms with E-state index in [4.69, 9.17) is 10.8 Å². The number of hydrogen-bond donors (Lipinski definition) is 3. The van der Waals surface area contributed by atoms with Crippen LogP contribution in [-0.4, -0.2) is 29.0 Å². The summed E-state index contributed by atoms with van der Waals surface area (Å²) in [4.78, 5) is 0. The van der Waals surface area contributed by atoms with Crippen LogP contribution in [0.5, 0.6) is 0 Å². The lowest BCUT2D eigenvalue weighted by Crippen LogP contribution is -2.36. The van der Waals surface area contributed by atoms with Crippen molar-refractivity contribution in [3.63, 3.8) is 0 Å². The number of allylic oxidation sites excluding steroid dienone is 3. The normalized spacial score (nSPS) is 15.0. The van der Waals surface area contributed by atoms with E-state index in [1.54, 1.807) is 6.08 Å². The standard InChI is InChI=1S/C18H35NO2/c1-2-3-4-5-6-7-8-9-10-11-12-13-14-15-18(21)17(19)16-20/h10-11,14-15,17-18,20-21H,2-9,12-13,16,19H2,1H3/b11-10-,15-14+/t17-,18+/m0/s1. The van der Waals surface area contributed by atoms with Gasteiger partial charge in [-0.1, -0.05) is 69.8 Å². The Morgan fingerprint density at radius 1 is 0.857 bits per heavy atom. The molecule has 0 aromatic rings. The molecule has 0 spiro atoms. The quantitative estimate of drug-likeness (QED) is 0.338. The molecule has 0 bridgehead atoms. The van der Waals surface area contributed by atoms with Gasteiger partial charge in [0.2, 0.25) is 0 Å². The average molecular weight is 297 g/mol. The zero-order valence-electron chi connectivity index (χ0n) is 13.7. The highest BCUT2D eigenvalue weighted by atomic mass is 16.3. The molecule has 0 aliphatic heterocycles. The molecule has 0 saturated carbocycles. The zero-order valence-corrected chi connectivity index (χ0v) is 13.7. The van der Waals surface area contributed by atoms with Gasteiger partial charge in [-0.2, -0.15) is 0 Å². The molecule has 0 aromatic carbocycles. The molecular formula is C18H35NO2. The summed E-state index contributed by atoms with van der Waals surface area (Å²) in [7, 11) is 0. The fourth-order valence-corrected chi connectivity index (χ4v) is 2.13. The Kier molecular flexibility index (Phi) is 15.3. The van der Waals surface area contributed by atoms with E-state index in [2.05, 4.69) is 19.1 Å². The van der Waals surface area contributed by atoms with Crippen LogP contribution < -0.4 is 5.73 Å². The van der Waals surface area contributed by atoms with E-state index < -0.39 is 12.1 Å². The molecule has 0 radical (unpaired) electrons. The Bertz CT molecular complexity index is 264. The molecule has 0 fully saturated rings. The van der Waals surface area contributed by atoms with E-state index in [9.17, 15) is 5.11 Å². The molecular weight excluding hydrogens is 262 g/mol. The molecule has 3 heteroatoms. The summed E-state index contributed by atoms with van der Waals surface area (Å²) < 4.78 is 0. The number of aliphatic hydroxyl groups is 2. The van der Waals surface area contributed by atoms with E-state index in [1.807, 2.05) is 6.08 Å². The number of rotatable bonds is 14. The molecule has 0 rings (SSSR count). The Morgan fingerprint density at radius 2 is 1.43 bits per heavy atom. The SMILES string of the molecule is CCCCCCCCC/C=C\CC/C=C/[C@@H](O)[C@@H](N)CO. The van der Waals surface area contributed by atoms with Gasteiger partial charge in [0, 0.05) is 0 Å². The smallest absolute Gasteiger partial charge is 0.0894 e. The van der Waals surface area contributed by atoms with Crippen molar-refractivity contribution in [3.8, 4) is 0 Å². The van der Waals surface area contributed by atoms with Crippen molar-refractivity contribution in [2.24, 2.45) is 5.73 Å². The van der Waals surface area contributed by atoms with Crippen molar-refractivity contribution in [3.05, 3.63) is 24.3 Å². The van der Waals surface area contributed by atoms with Crippen LogP contribution in [0.25, 0.3) is 0 Å². The van der Waals surface area contributed by atoms with E-state index in [-0.39, 0.29) is 6.61 Å². The van der Waals surface area contributed by atoms with Gasteiger partial charge in [0.05, 0.1) is 18.8 Å². The first-order valence-electron chi connectivity index (χ1n) is 8.58. The summed E-state index contributed by atoms with van der Waals surface area (Å²) in [6, 6.07) is -0.575. The third-order valence-corrected chi connectivity index (χ3v) is 3.62. The van der Waals surface area contributed by atoms with Crippen LogP contribution in [0, 0.1) is 0 Å². The molecule has 21 heavy (non-hydrogen) atoms. The molecule has 124 valence electrons. The van der Waals surface area contributed by atoms with Crippen LogP contribution in [0.15, 0.2) is 24.3 Å². The summed E-state index contributed by atoms with van der Waals surface area (Å²) in [5.41, 5.74) is 5.50. The number of unbranched alkanes of at least 4 members (excludes halogenated alkanes) is 8. The molecule has 3 nitrogen and oxygen atoms in total. The third-order valence-electron chi connectivity index (χ3n) is 3.62. The van der Waals surface area contributed by atoms with Crippen molar-refractivity contribution in [2.45, 2.75) is 83.3 Å². The fraction of sp³-hybridized carbons (Fsp3) is 0.778. The van der Waals surface area contributed by atoms with Crippen molar-refractivity contribution in [1.82, 2.24) is 0 Å². The number of nitrogens with two attached hydrogens (primary N) is 1. The highest BCUT2D eigenvalue weighted by Gasteiger charge is 2.08. The van der Waals surface area contributed by atoms with Gasteiger partial charge in [0.25, 0.3) is 0 Å². The minimum atomic E-state index is -0.744.